The Kier molecular flexibility index (Phi) is 7.25. The van der Waals surface area contributed by atoms with Crippen LogP contribution >= 0.6 is 0 Å². The van der Waals surface area contributed by atoms with E-state index in [-0.39, 0.29) is 17.0 Å². The van der Waals surface area contributed by atoms with Gasteiger partial charge in [0.1, 0.15) is 0 Å². The van der Waals surface area contributed by atoms with E-state index in [9.17, 15) is 13.2 Å². The molecule has 1 fully saturated rings. The van der Waals surface area contributed by atoms with E-state index < -0.39 is 10.0 Å². The molecule has 2 rings (SSSR count). The number of urea groups is 1. The van der Waals surface area contributed by atoms with Crippen LogP contribution in [0.5, 0.6) is 0 Å². The van der Waals surface area contributed by atoms with Gasteiger partial charge in [-0.3, -0.25) is 0 Å². The second-order valence-electron chi connectivity index (χ2n) is 6.67. The quantitative estimate of drug-likeness (QED) is 0.807. The van der Waals surface area contributed by atoms with E-state index in [1.165, 1.54) is 25.0 Å². The molecule has 1 saturated heterocycles. The molecule has 0 aromatic heterocycles. The van der Waals surface area contributed by atoms with Crippen molar-refractivity contribution >= 4 is 21.7 Å². The molecule has 0 spiro atoms. The van der Waals surface area contributed by atoms with Crippen molar-refractivity contribution in [1.82, 2.24) is 9.62 Å². The summed E-state index contributed by atoms with van der Waals surface area (Å²) in [6.07, 6.45) is 6.12. The molecule has 1 atom stereocenters. The number of benzene rings is 1. The topological polar surface area (TPSA) is 78.5 Å². The summed E-state index contributed by atoms with van der Waals surface area (Å²) in [4.78, 5) is 14.3. The molecule has 1 aromatic carbocycles. The molecule has 6 nitrogen and oxygen atoms in total. The highest BCUT2D eigenvalue weighted by Gasteiger charge is 2.18. The van der Waals surface area contributed by atoms with Crippen molar-refractivity contribution in [3.63, 3.8) is 0 Å². The molecule has 140 valence electrons. The Morgan fingerprint density at radius 3 is 2.28 bits per heavy atom. The van der Waals surface area contributed by atoms with Crippen molar-refractivity contribution in [2.75, 3.05) is 18.4 Å². The summed E-state index contributed by atoms with van der Waals surface area (Å²) in [5, 5.41) is 2.85. The van der Waals surface area contributed by atoms with Gasteiger partial charge < -0.3 is 10.2 Å². The van der Waals surface area contributed by atoms with Gasteiger partial charge in [0.25, 0.3) is 0 Å². The van der Waals surface area contributed by atoms with Crippen LogP contribution in [0.4, 0.5) is 10.5 Å². The van der Waals surface area contributed by atoms with Crippen LogP contribution in [0.2, 0.25) is 0 Å². The normalized spacial score (nSPS) is 17.0. The zero-order valence-electron chi connectivity index (χ0n) is 15.1. The molecule has 25 heavy (non-hydrogen) atoms. The number of amides is 2. The Hall–Kier alpha value is -1.60. The monoisotopic (exact) mass is 367 g/mol. The van der Waals surface area contributed by atoms with Crippen LogP contribution in [-0.2, 0) is 10.0 Å². The molecule has 0 unspecified atom stereocenters. The second kappa shape index (κ2) is 9.20. The number of anilines is 1. The van der Waals surface area contributed by atoms with Crippen molar-refractivity contribution in [3.8, 4) is 0 Å². The van der Waals surface area contributed by atoms with Crippen molar-refractivity contribution in [2.24, 2.45) is 0 Å². The van der Waals surface area contributed by atoms with Crippen LogP contribution in [0, 0.1) is 0 Å². The highest BCUT2D eigenvalue weighted by atomic mass is 32.2. The molecular formula is C18H29N3O3S. The maximum atomic E-state index is 12.3. The first-order valence-electron chi connectivity index (χ1n) is 9.10. The van der Waals surface area contributed by atoms with E-state index in [1.54, 1.807) is 12.1 Å². The molecule has 1 aliphatic heterocycles. The van der Waals surface area contributed by atoms with Gasteiger partial charge in [-0.15, -0.1) is 0 Å². The number of rotatable bonds is 6. The predicted molar refractivity (Wildman–Crippen MR) is 100 cm³/mol. The first kappa shape index (κ1) is 19.7. The number of sulfonamides is 1. The van der Waals surface area contributed by atoms with Gasteiger partial charge in [-0.2, -0.15) is 0 Å². The van der Waals surface area contributed by atoms with Crippen molar-refractivity contribution in [3.05, 3.63) is 24.3 Å². The number of likely N-dealkylation sites (tertiary alicyclic amines) is 1. The van der Waals surface area contributed by atoms with Crippen LogP contribution in [-0.4, -0.2) is 38.5 Å². The molecule has 1 aliphatic rings. The lowest BCUT2D eigenvalue weighted by Crippen LogP contribution is -2.35. The van der Waals surface area contributed by atoms with E-state index in [4.69, 9.17) is 0 Å². The molecule has 1 heterocycles. The highest BCUT2D eigenvalue weighted by Crippen LogP contribution is 2.16. The number of hydrogen-bond acceptors (Lipinski definition) is 3. The largest absolute Gasteiger partial charge is 0.325 e. The minimum Gasteiger partial charge on any atom is -0.325 e. The SMILES string of the molecule is CCC[C@@H](C)NS(=O)(=O)c1ccc(NC(=O)N2CCCCCC2)cc1. The Morgan fingerprint density at radius 2 is 1.72 bits per heavy atom. The van der Waals surface area contributed by atoms with Gasteiger partial charge in [-0.25, -0.2) is 17.9 Å². The van der Waals surface area contributed by atoms with Gasteiger partial charge in [0.2, 0.25) is 10.0 Å². The Balaban J connectivity index is 1.98. The fourth-order valence-electron chi connectivity index (χ4n) is 3.02. The average Bonchev–Trinajstić information content (AvgIpc) is 2.84. The summed E-state index contributed by atoms with van der Waals surface area (Å²) in [6.45, 7) is 5.43. The van der Waals surface area contributed by atoms with E-state index in [2.05, 4.69) is 10.0 Å². The lowest BCUT2D eigenvalue weighted by atomic mass is 10.2. The third-order valence-corrected chi connectivity index (χ3v) is 5.99. The van der Waals surface area contributed by atoms with Gasteiger partial charge in [0.15, 0.2) is 0 Å². The van der Waals surface area contributed by atoms with Gasteiger partial charge in [0.05, 0.1) is 4.90 Å². The third-order valence-electron chi connectivity index (χ3n) is 4.39. The fourth-order valence-corrected chi connectivity index (χ4v) is 4.30. The molecule has 7 heteroatoms. The van der Waals surface area contributed by atoms with Crippen LogP contribution in [0.3, 0.4) is 0 Å². The third kappa shape index (κ3) is 6.01. The molecule has 0 aliphatic carbocycles. The fraction of sp³-hybridized carbons (Fsp3) is 0.611. The number of nitrogens with zero attached hydrogens (tertiary/aromatic N) is 1. The van der Waals surface area contributed by atoms with Crippen molar-refractivity contribution in [2.45, 2.75) is 63.3 Å². The Labute approximate surface area is 151 Å². The molecule has 0 saturated carbocycles. The molecule has 0 bridgehead atoms. The summed E-state index contributed by atoms with van der Waals surface area (Å²) >= 11 is 0. The zero-order valence-corrected chi connectivity index (χ0v) is 15.9. The molecule has 0 radical (unpaired) electrons. The maximum absolute atomic E-state index is 12.3. The first-order chi connectivity index (χ1) is 11.9. The van der Waals surface area contributed by atoms with Crippen molar-refractivity contribution < 1.29 is 13.2 Å². The smallest absolute Gasteiger partial charge is 0.321 e. The molecule has 2 N–H and O–H groups in total. The highest BCUT2D eigenvalue weighted by molar-refractivity contribution is 7.89. The summed E-state index contributed by atoms with van der Waals surface area (Å²) in [6, 6.07) is 6.10. The van der Waals surface area contributed by atoms with Crippen LogP contribution < -0.4 is 10.0 Å². The predicted octanol–water partition coefficient (Wildman–Crippen LogP) is 3.56. The number of carbonyl (C=O) groups excluding carboxylic acids is 1. The van der Waals surface area contributed by atoms with E-state index >= 15 is 0 Å². The minimum absolute atomic E-state index is 0.0996. The van der Waals surface area contributed by atoms with Crippen LogP contribution in [0.25, 0.3) is 0 Å². The van der Waals surface area contributed by atoms with E-state index in [0.29, 0.717) is 5.69 Å². The van der Waals surface area contributed by atoms with Gasteiger partial charge in [-0.1, -0.05) is 26.2 Å². The number of carbonyl (C=O) groups is 1. The zero-order chi connectivity index (χ0) is 18.3. The Bertz CT molecular complexity index is 651. The maximum Gasteiger partial charge on any atom is 0.321 e. The van der Waals surface area contributed by atoms with E-state index in [0.717, 1.165) is 38.8 Å². The minimum atomic E-state index is -3.53. The average molecular weight is 368 g/mol. The van der Waals surface area contributed by atoms with Crippen LogP contribution in [0.1, 0.15) is 52.4 Å². The van der Waals surface area contributed by atoms with Gasteiger partial charge >= 0.3 is 6.03 Å². The van der Waals surface area contributed by atoms with E-state index in [1.807, 2.05) is 18.7 Å². The van der Waals surface area contributed by atoms with Gasteiger partial charge in [0, 0.05) is 24.8 Å². The van der Waals surface area contributed by atoms with Crippen LogP contribution in [0.15, 0.2) is 29.2 Å². The number of hydrogen-bond donors (Lipinski definition) is 2. The second-order valence-corrected chi connectivity index (χ2v) is 8.38. The summed E-state index contributed by atoms with van der Waals surface area (Å²) in [5.74, 6) is 0. The molecular weight excluding hydrogens is 338 g/mol. The first-order valence-corrected chi connectivity index (χ1v) is 10.6. The van der Waals surface area contributed by atoms with Crippen molar-refractivity contribution in [1.29, 1.82) is 0 Å². The molecule has 2 amide bonds. The lowest BCUT2D eigenvalue weighted by molar-refractivity contribution is 0.214. The number of nitrogens with one attached hydrogen (secondary N) is 2. The summed E-state index contributed by atoms with van der Waals surface area (Å²) in [5.41, 5.74) is 0.606. The molecule has 1 aromatic rings. The standard InChI is InChI=1S/C18H29N3O3S/c1-3-8-15(2)20-25(23,24)17-11-9-16(10-12-17)19-18(22)21-13-6-4-5-7-14-21/h9-12,15,20H,3-8,13-14H2,1-2H3,(H,19,22)/t15-/m1/s1. The van der Waals surface area contributed by atoms with Gasteiger partial charge in [-0.05, 0) is 50.5 Å². The summed E-state index contributed by atoms with van der Waals surface area (Å²) < 4.78 is 27.3. The lowest BCUT2D eigenvalue weighted by Gasteiger charge is -2.21. The summed E-state index contributed by atoms with van der Waals surface area (Å²) in [7, 11) is -3.53. The Morgan fingerprint density at radius 1 is 1.12 bits per heavy atom.